The molecule has 14 heteroatoms. The van der Waals surface area contributed by atoms with Gasteiger partial charge in [0, 0.05) is 36.8 Å². The van der Waals surface area contributed by atoms with E-state index in [0.717, 1.165) is 0 Å². The van der Waals surface area contributed by atoms with E-state index in [2.05, 4.69) is 52.4 Å². The van der Waals surface area contributed by atoms with Crippen molar-refractivity contribution >= 4 is 73.8 Å². The first-order valence-electron chi connectivity index (χ1n) is 10.2. The van der Waals surface area contributed by atoms with E-state index in [1.54, 1.807) is 54.5 Å². The monoisotopic (exact) mass is 690 g/mol. The van der Waals surface area contributed by atoms with Crippen LogP contribution in [-0.4, -0.2) is 60.2 Å². The number of aromatic nitrogens is 4. The highest BCUT2D eigenvalue weighted by Crippen LogP contribution is 2.18. The van der Waals surface area contributed by atoms with Crippen LogP contribution in [0.3, 0.4) is 0 Å². The van der Waals surface area contributed by atoms with Crippen LogP contribution in [0.15, 0.2) is 53.8 Å². The second kappa shape index (κ2) is 14.5. The molecule has 0 spiro atoms. The molecule has 0 bridgehead atoms. The Kier molecular flexibility index (Phi) is 12.0. The lowest BCUT2D eigenvalue weighted by molar-refractivity contribution is 0.0519. The van der Waals surface area contributed by atoms with Crippen LogP contribution in [0.1, 0.15) is 34.6 Å². The summed E-state index contributed by atoms with van der Waals surface area (Å²) in [5, 5.41) is 6.89. The van der Waals surface area contributed by atoms with Gasteiger partial charge in [-0.05, 0) is 19.9 Å². The van der Waals surface area contributed by atoms with Crippen LogP contribution in [0.5, 0.6) is 5.75 Å². The highest BCUT2D eigenvalue weighted by atomic mass is 80.0. The summed E-state index contributed by atoms with van der Waals surface area (Å²) in [6, 6.07) is 6.33. The maximum Gasteiger partial charge on any atom is 0.542 e. The third-order valence-electron chi connectivity index (χ3n) is 4.27. The van der Waals surface area contributed by atoms with Gasteiger partial charge in [0.25, 0.3) is 0 Å². The molecule has 0 aliphatic rings. The van der Waals surface area contributed by atoms with Gasteiger partial charge in [-0.3, -0.25) is 9.31 Å². The fraction of sp³-hybridized carbons (Fsp3) is 0.238. The molecule has 0 radical (unpaired) electrons. The molecular weight excluding hydrogens is 671 g/mol. The Morgan fingerprint density at radius 1 is 1.00 bits per heavy atom. The van der Waals surface area contributed by atoms with E-state index in [1.165, 1.54) is 24.5 Å². The summed E-state index contributed by atoms with van der Waals surface area (Å²) in [7, 11) is 0.874. The molecule has 0 atom stereocenters. The van der Waals surface area contributed by atoms with Crippen LogP contribution < -0.4 is 10.2 Å². The van der Waals surface area contributed by atoms with Gasteiger partial charge in [0.2, 0.25) is 0 Å². The number of halogens is 3. The third kappa shape index (κ3) is 8.50. The van der Waals surface area contributed by atoms with E-state index in [4.69, 9.17) is 14.2 Å². The number of ether oxygens (including phenoxy) is 3. The lowest BCUT2D eigenvalue weighted by Gasteiger charge is -2.02. The largest absolute Gasteiger partial charge is 0.542 e. The van der Waals surface area contributed by atoms with Gasteiger partial charge in [-0.1, -0.05) is 0 Å². The number of nitrogens with zero attached hydrogens (tertiary/aromatic N) is 3. The summed E-state index contributed by atoms with van der Waals surface area (Å²) in [5.74, 6) is -0.119. The fourth-order valence-corrected chi connectivity index (χ4v) is 2.84. The second-order valence-corrected chi connectivity index (χ2v) is 26.2. The number of hydrogen-bond donors (Lipinski definition) is 1. The fourth-order valence-electron chi connectivity index (χ4n) is 2.84. The lowest BCUT2D eigenvalue weighted by atomic mass is 10.2. The van der Waals surface area contributed by atoms with Gasteiger partial charge in [0.05, 0.1) is 37.6 Å². The Morgan fingerprint density at radius 2 is 1.63 bits per heavy atom. The number of fused-ring (bicyclic) bond motifs is 2. The topological polar surface area (TPSA) is 116 Å². The number of esters is 2. The van der Waals surface area contributed by atoms with Crippen molar-refractivity contribution in [1.82, 2.24) is 19.2 Å². The van der Waals surface area contributed by atoms with Gasteiger partial charge < -0.3 is 19.3 Å². The molecule has 0 aliphatic heterocycles. The van der Waals surface area contributed by atoms with Crippen molar-refractivity contribution in [3.63, 3.8) is 0 Å². The van der Waals surface area contributed by atoms with E-state index in [0.29, 0.717) is 41.1 Å². The minimum atomic E-state index is -0.701. The molecule has 4 rings (SSSR count). The number of nitrogens with one attached hydrogen (secondary N) is 1. The molecule has 186 valence electrons. The van der Waals surface area contributed by atoms with Crippen LogP contribution in [0.4, 0.5) is 0 Å². The first kappa shape index (κ1) is 29.1. The predicted octanol–water partition coefficient (Wildman–Crippen LogP) is 4.48. The molecule has 0 aliphatic carbocycles. The van der Waals surface area contributed by atoms with Gasteiger partial charge in [-0.25, -0.2) is 14.1 Å². The summed E-state index contributed by atoms with van der Waals surface area (Å²) in [6.07, 6.45) is 6.32. The second-order valence-electron chi connectivity index (χ2n) is 6.45. The summed E-state index contributed by atoms with van der Waals surface area (Å²) in [5.41, 5.74) is 1.88. The first-order valence-corrected chi connectivity index (χ1v) is 19.7. The van der Waals surface area contributed by atoms with Crippen molar-refractivity contribution in [2.45, 2.75) is 13.8 Å². The molecule has 0 fully saturated rings. The van der Waals surface area contributed by atoms with E-state index in [1.807, 2.05) is 0 Å². The van der Waals surface area contributed by atoms with Crippen molar-refractivity contribution in [3.05, 3.63) is 70.4 Å². The summed E-state index contributed by atoms with van der Waals surface area (Å²) in [4.78, 5) is 34.2. The Hall–Kier alpha value is -2.11. The number of methoxy groups -OCH3 is 1. The highest BCUT2D eigenvalue weighted by molar-refractivity contribution is 9.69. The van der Waals surface area contributed by atoms with Gasteiger partial charge >= 0.3 is 20.6 Å². The minimum absolute atomic E-state index is 0.139. The molecule has 0 saturated heterocycles. The minimum Gasteiger partial charge on any atom is -0.497 e. The van der Waals surface area contributed by atoms with Gasteiger partial charge in [-0.2, -0.15) is 47.3 Å². The average molecular weight is 693 g/mol. The van der Waals surface area contributed by atoms with Gasteiger partial charge in [0.1, 0.15) is 16.9 Å². The molecular formula is C21H22AlBr3N4O6. The van der Waals surface area contributed by atoms with Crippen molar-refractivity contribution in [1.29, 1.82) is 0 Å². The van der Waals surface area contributed by atoms with E-state index in [-0.39, 0.29) is 11.4 Å². The smallest absolute Gasteiger partial charge is 0.497 e. The Bertz CT molecular complexity index is 1330. The van der Waals surface area contributed by atoms with E-state index in [9.17, 15) is 14.4 Å². The standard InChI is InChI=1S/C11H12N2O3.C10H10N2O3.Al.3BrH/c1-3-16-11(14)9-7-12-13-5-4-8(15-2)6-10(9)13;1-2-15-10(14)8-6-11-12-4-3-7(13)5-9(8)12;;;;/h4-7H,3H2,1-2H3;3-6,11H,2H2,1H3;;3*1H/q;;+3;;;/p-3. The third-order valence-corrected chi connectivity index (χ3v) is 4.27. The Balaban J connectivity index is 0.000000215. The normalized spacial score (nSPS) is 10.0. The summed E-state index contributed by atoms with van der Waals surface area (Å²) < 4.78 is 18.1. The molecule has 0 saturated carbocycles. The number of pyridine rings is 2. The van der Waals surface area contributed by atoms with Crippen LogP contribution in [0.2, 0.25) is 0 Å². The van der Waals surface area contributed by atoms with Crippen LogP contribution in [0.25, 0.3) is 11.0 Å². The van der Waals surface area contributed by atoms with Crippen molar-refractivity contribution in [2.75, 3.05) is 20.3 Å². The highest BCUT2D eigenvalue weighted by Gasteiger charge is 2.14. The molecule has 10 nitrogen and oxygen atoms in total. The van der Waals surface area contributed by atoms with Crippen LogP contribution in [-0.2, 0) is 9.47 Å². The molecule has 0 amide bonds. The Labute approximate surface area is 225 Å². The van der Waals surface area contributed by atoms with Crippen LogP contribution >= 0.6 is 42.2 Å². The number of H-pyrrole nitrogens is 1. The maximum absolute atomic E-state index is 11.6. The predicted molar refractivity (Wildman–Crippen MR) is 144 cm³/mol. The molecule has 0 aromatic carbocycles. The quantitative estimate of drug-likeness (QED) is 0.242. The SMILES string of the molecule is CCOC(=O)c1c[nH]n2ccc(=O)cc12.CCOC(=O)c1cnn2ccc(OC)cc12.[Br][Al]([Br])[Br]. The Morgan fingerprint density at radius 3 is 2.23 bits per heavy atom. The number of carbonyl (C=O) groups excluding carboxylic acids is 2. The van der Waals surface area contributed by atoms with Crippen LogP contribution in [0, 0.1) is 0 Å². The number of hydrogen-bond acceptors (Lipinski definition) is 7. The average Bonchev–Trinajstić information content (AvgIpc) is 3.43. The first-order chi connectivity index (χ1) is 16.7. The lowest BCUT2D eigenvalue weighted by Crippen LogP contribution is -2.06. The van der Waals surface area contributed by atoms with Crippen molar-refractivity contribution in [3.8, 4) is 5.75 Å². The molecule has 35 heavy (non-hydrogen) atoms. The van der Waals surface area contributed by atoms with E-state index < -0.39 is 14.6 Å². The molecule has 0 unspecified atom stereocenters. The van der Waals surface area contributed by atoms with E-state index >= 15 is 0 Å². The molecule has 4 aromatic heterocycles. The molecule has 4 aromatic rings. The van der Waals surface area contributed by atoms with Crippen molar-refractivity contribution in [2.24, 2.45) is 0 Å². The number of aromatic amines is 1. The molecule has 4 heterocycles. The summed E-state index contributed by atoms with van der Waals surface area (Å²) >= 11 is 9.73. The van der Waals surface area contributed by atoms with Gasteiger partial charge in [-0.15, -0.1) is 0 Å². The zero-order chi connectivity index (χ0) is 26.0. The zero-order valence-corrected chi connectivity index (χ0v) is 24.9. The number of carbonyl (C=O) groups is 2. The van der Waals surface area contributed by atoms with Gasteiger partial charge in [0.15, 0.2) is 5.43 Å². The molecule has 1 N–H and O–H groups in total. The van der Waals surface area contributed by atoms with Crippen molar-refractivity contribution < 1.29 is 23.8 Å². The number of rotatable bonds is 5. The summed E-state index contributed by atoms with van der Waals surface area (Å²) in [6.45, 7) is 4.16. The maximum atomic E-state index is 11.6. The zero-order valence-electron chi connectivity index (χ0n) is 19.0.